The maximum atomic E-state index is 13.5. The van der Waals surface area contributed by atoms with Gasteiger partial charge < -0.3 is 4.90 Å². The highest BCUT2D eigenvalue weighted by atomic mass is 16.2. The average Bonchev–Trinajstić information content (AvgIpc) is 2.90. The van der Waals surface area contributed by atoms with Crippen LogP contribution in [0.3, 0.4) is 0 Å². The van der Waals surface area contributed by atoms with Crippen LogP contribution in [0.1, 0.15) is 16.7 Å². The highest BCUT2D eigenvalue weighted by Crippen LogP contribution is 2.22. The van der Waals surface area contributed by atoms with Gasteiger partial charge in [-0.2, -0.15) is 0 Å². The number of rotatable bonds is 5. The van der Waals surface area contributed by atoms with Crippen molar-refractivity contribution in [1.82, 2.24) is 10.4 Å². The molecular formula is C30H26N4O2. The first-order valence-corrected chi connectivity index (χ1v) is 11.7. The van der Waals surface area contributed by atoms with Gasteiger partial charge >= 0.3 is 0 Å². The minimum Gasteiger partial charge on any atom is -0.378 e. The normalized spacial score (nSPS) is 14.5. The Morgan fingerprint density at radius 1 is 0.889 bits per heavy atom. The molecule has 36 heavy (non-hydrogen) atoms. The van der Waals surface area contributed by atoms with Gasteiger partial charge in [-0.05, 0) is 40.1 Å². The third-order valence-corrected chi connectivity index (χ3v) is 6.10. The molecule has 4 aromatic rings. The number of amides is 2. The van der Waals surface area contributed by atoms with Crippen molar-refractivity contribution in [2.45, 2.75) is 6.42 Å². The molecule has 0 radical (unpaired) electrons. The van der Waals surface area contributed by atoms with Gasteiger partial charge in [0.1, 0.15) is 5.70 Å². The zero-order valence-electron chi connectivity index (χ0n) is 20.2. The molecule has 1 N–H and O–H groups in total. The maximum Gasteiger partial charge on any atom is 0.288 e. The lowest BCUT2D eigenvalue weighted by Crippen LogP contribution is -2.53. The number of carbonyl (C=O) groups is 2. The topological polar surface area (TPSA) is 65.0 Å². The second kappa shape index (κ2) is 9.88. The van der Waals surface area contributed by atoms with E-state index in [4.69, 9.17) is 0 Å². The Labute approximate surface area is 210 Å². The van der Waals surface area contributed by atoms with E-state index >= 15 is 0 Å². The smallest absolute Gasteiger partial charge is 0.288 e. The molecule has 5 rings (SSSR count). The molecule has 0 saturated carbocycles. The summed E-state index contributed by atoms with van der Waals surface area (Å²) in [5, 5.41) is 3.34. The molecular weight excluding hydrogens is 448 g/mol. The first kappa shape index (κ1) is 23.1. The van der Waals surface area contributed by atoms with E-state index in [2.05, 4.69) is 10.4 Å². The summed E-state index contributed by atoms with van der Waals surface area (Å²) in [6, 6.07) is 31.1. The molecule has 1 aliphatic rings. The summed E-state index contributed by atoms with van der Waals surface area (Å²) in [5.41, 5.74) is 6.54. The molecule has 0 atom stereocenters. The lowest BCUT2D eigenvalue weighted by Gasteiger charge is -2.29. The monoisotopic (exact) mass is 474 g/mol. The molecule has 0 bridgehead atoms. The van der Waals surface area contributed by atoms with E-state index in [0.717, 1.165) is 33.2 Å². The molecule has 2 amide bonds. The van der Waals surface area contributed by atoms with Gasteiger partial charge in [0.2, 0.25) is 0 Å². The van der Waals surface area contributed by atoms with Crippen molar-refractivity contribution in [1.29, 1.82) is 0 Å². The Morgan fingerprint density at radius 3 is 2.33 bits per heavy atom. The third-order valence-electron chi connectivity index (χ3n) is 6.10. The number of benzene rings is 4. The van der Waals surface area contributed by atoms with Gasteiger partial charge in [-0.25, -0.2) is 10.0 Å². The first-order valence-electron chi connectivity index (χ1n) is 11.7. The van der Waals surface area contributed by atoms with Gasteiger partial charge in [0.15, 0.2) is 5.84 Å². The molecule has 0 spiro atoms. The summed E-state index contributed by atoms with van der Waals surface area (Å²) in [4.78, 5) is 33.2. The van der Waals surface area contributed by atoms with Crippen LogP contribution in [0.15, 0.2) is 108 Å². The zero-order valence-corrected chi connectivity index (χ0v) is 20.2. The van der Waals surface area contributed by atoms with E-state index < -0.39 is 5.91 Å². The second-order valence-electron chi connectivity index (χ2n) is 8.80. The van der Waals surface area contributed by atoms with Gasteiger partial charge in [-0.1, -0.05) is 84.9 Å². The Bertz CT molecular complexity index is 1480. The summed E-state index contributed by atoms with van der Waals surface area (Å²) < 4.78 is 0. The van der Waals surface area contributed by atoms with E-state index in [1.807, 2.05) is 116 Å². The maximum absolute atomic E-state index is 13.5. The van der Waals surface area contributed by atoms with E-state index in [1.54, 1.807) is 6.08 Å². The minimum absolute atomic E-state index is 0.124. The number of hydrogen-bond acceptors (Lipinski definition) is 4. The number of nitrogens with zero attached hydrogens (tertiary/aromatic N) is 3. The number of fused-ring (bicyclic) bond motifs is 1. The summed E-state index contributed by atoms with van der Waals surface area (Å²) in [6.07, 6.45) is 1.85. The number of nitrogens with one attached hydrogen (secondary N) is 1. The zero-order chi connectivity index (χ0) is 25.1. The summed E-state index contributed by atoms with van der Waals surface area (Å²) in [7, 11) is 3.95. The first-order chi connectivity index (χ1) is 17.5. The van der Waals surface area contributed by atoms with Crippen LogP contribution in [-0.4, -0.2) is 36.8 Å². The van der Waals surface area contributed by atoms with Crippen LogP contribution in [0.25, 0.3) is 16.8 Å². The van der Waals surface area contributed by atoms with Crippen molar-refractivity contribution in [2.24, 2.45) is 4.99 Å². The van der Waals surface area contributed by atoms with E-state index in [1.165, 1.54) is 5.01 Å². The Hall–Kier alpha value is -4.71. The lowest BCUT2D eigenvalue weighted by molar-refractivity contribution is -0.135. The molecule has 0 aromatic heterocycles. The molecule has 0 saturated heterocycles. The highest BCUT2D eigenvalue weighted by Gasteiger charge is 2.30. The second-order valence-corrected chi connectivity index (χ2v) is 8.80. The Morgan fingerprint density at radius 2 is 1.58 bits per heavy atom. The van der Waals surface area contributed by atoms with Crippen LogP contribution >= 0.6 is 0 Å². The predicted molar refractivity (Wildman–Crippen MR) is 144 cm³/mol. The van der Waals surface area contributed by atoms with Gasteiger partial charge in [0, 0.05) is 25.3 Å². The molecule has 0 aliphatic carbocycles. The van der Waals surface area contributed by atoms with Crippen LogP contribution in [0.5, 0.6) is 0 Å². The summed E-state index contributed by atoms with van der Waals surface area (Å²) in [5.74, 6) is -0.314. The van der Waals surface area contributed by atoms with Gasteiger partial charge in [0.25, 0.3) is 11.8 Å². The van der Waals surface area contributed by atoms with E-state index in [0.29, 0.717) is 5.84 Å². The fourth-order valence-electron chi connectivity index (χ4n) is 4.20. The molecule has 4 aromatic carbocycles. The van der Waals surface area contributed by atoms with Crippen molar-refractivity contribution in [3.63, 3.8) is 0 Å². The van der Waals surface area contributed by atoms with Crippen LogP contribution in [0.4, 0.5) is 5.69 Å². The van der Waals surface area contributed by atoms with Crippen LogP contribution in [0.2, 0.25) is 0 Å². The standard InChI is InChI=1S/C30H26N4O2/c1-33(2)25-17-15-21(16-18-25)19-27-30(36)32-34(29(31-27)23-10-4-3-5-11-23)28(35)20-24-13-8-12-22-9-6-7-14-26(22)24/h3-19H,20H2,1-2H3,(H,32,36)/b27-19+. The quantitative estimate of drug-likeness (QED) is 0.422. The molecule has 6 heteroatoms. The lowest BCUT2D eigenvalue weighted by atomic mass is 10.0. The largest absolute Gasteiger partial charge is 0.378 e. The molecule has 1 heterocycles. The predicted octanol–water partition coefficient (Wildman–Crippen LogP) is 4.81. The Balaban J connectivity index is 1.50. The van der Waals surface area contributed by atoms with E-state index in [-0.39, 0.29) is 18.0 Å². The van der Waals surface area contributed by atoms with Crippen molar-refractivity contribution in [2.75, 3.05) is 19.0 Å². The molecule has 178 valence electrons. The SMILES string of the molecule is CN(C)c1ccc(/C=C2/N=C(c3ccccc3)N(C(=O)Cc3cccc4ccccc34)NC2=O)cc1. The third kappa shape index (κ3) is 4.74. The highest BCUT2D eigenvalue weighted by molar-refractivity contribution is 6.15. The molecule has 0 unspecified atom stereocenters. The van der Waals surface area contributed by atoms with Crippen molar-refractivity contribution < 1.29 is 9.59 Å². The van der Waals surface area contributed by atoms with Crippen LogP contribution < -0.4 is 10.3 Å². The number of amidine groups is 1. The van der Waals surface area contributed by atoms with E-state index in [9.17, 15) is 9.59 Å². The van der Waals surface area contributed by atoms with Gasteiger partial charge in [-0.3, -0.25) is 15.0 Å². The van der Waals surface area contributed by atoms with Crippen molar-refractivity contribution >= 4 is 40.2 Å². The minimum atomic E-state index is -0.433. The molecule has 1 aliphatic heterocycles. The van der Waals surface area contributed by atoms with Crippen LogP contribution in [0, 0.1) is 0 Å². The van der Waals surface area contributed by atoms with Gasteiger partial charge in [0.05, 0.1) is 6.42 Å². The average molecular weight is 475 g/mol. The summed E-state index contributed by atoms with van der Waals surface area (Å²) in [6.45, 7) is 0. The number of aliphatic imine (C=N–C) groups is 1. The van der Waals surface area contributed by atoms with Gasteiger partial charge in [-0.15, -0.1) is 0 Å². The number of anilines is 1. The fraction of sp³-hybridized carbons (Fsp3) is 0.100. The van der Waals surface area contributed by atoms with Crippen molar-refractivity contribution in [3.8, 4) is 0 Å². The number of hydrazine groups is 1. The fourth-order valence-corrected chi connectivity index (χ4v) is 4.20. The summed E-state index contributed by atoms with van der Waals surface area (Å²) >= 11 is 0. The van der Waals surface area contributed by atoms with Crippen LogP contribution in [-0.2, 0) is 16.0 Å². The number of hydrogen-bond donors (Lipinski definition) is 1. The molecule has 0 fully saturated rings. The molecule has 6 nitrogen and oxygen atoms in total. The number of carbonyl (C=O) groups excluding carboxylic acids is 2. The van der Waals surface area contributed by atoms with Crippen molar-refractivity contribution in [3.05, 3.63) is 119 Å². The Kier molecular flexibility index (Phi) is 6.33.